The summed E-state index contributed by atoms with van der Waals surface area (Å²) >= 11 is 20.0. The minimum atomic E-state index is -4.99. The molecule has 234 valence electrons. The predicted octanol–water partition coefficient (Wildman–Crippen LogP) is 8.25. The zero-order valence-electron chi connectivity index (χ0n) is 22.2. The lowest BCUT2D eigenvalue weighted by atomic mass is 10.0. The Morgan fingerprint density at radius 3 is 2.27 bits per heavy atom. The molecular formula is C28H20Cl3F6N3O3S. The highest BCUT2D eigenvalue weighted by Crippen LogP contribution is 2.65. The van der Waals surface area contributed by atoms with Crippen LogP contribution in [0, 0.1) is 23.4 Å². The second-order valence-electron chi connectivity index (χ2n) is 9.58. The maximum Gasteiger partial charge on any atom is 0.419 e. The van der Waals surface area contributed by atoms with Gasteiger partial charge in [-0.05, 0) is 54.3 Å². The predicted molar refractivity (Wildman–Crippen MR) is 158 cm³/mol. The molecule has 3 N–H and O–H groups in total. The molecule has 6 nitrogen and oxygen atoms in total. The number of hydrogen-bond acceptors (Lipinski definition) is 4. The fourth-order valence-corrected chi connectivity index (χ4v) is 5.79. The number of thioether (sulfide) groups is 1. The highest BCUT2D eigenvalue weighted by Gasteiger charge is 2.67. The molecule has 0 bridgehead atoms. The van der Waals surface area contributed by atoms with Gasteiger partial charge in [-0.1, -0.05) is 17.7 Å². The SMILES string of the molecule is CSCCC(=O)Nc1c(F)ccc(NC(=O)c2cc(NC(=O)[C@H]3[C@H](c4ccc(F)c(C(F)(F)F)c4)C3(Cl)Cl)ccc2Cl)c1F. The van der Waals surface area contributed by atoms with Gasteiger partial charge in [0.25, 0.3) is 5.91 Å². The van der Waals surface area contributed by atoms with Gasteiger partial charge in [-0.3, -0.25) is 14.4 Å². The molecule has 1 aliphatic rings. The van der Waals surface area contributed by atoms with E-state index in [1.54, 1.807) is 6.26 Å². The van der Waals surface area contributed by atoms with Crippen molar-refractivity contribution >= 4 is 81.3 Å². The van der Waals surface area contributed by atoms with E-state index >= 15 is 4.39 Å². The van der Waals surface area contributed by atoms with Crippen LogP contribution in [0.15, 0.2) is 48.5 Å². The Morgan fingerprint density at radius 1 is 0.932 bits per heavy atom. The number of hydrogen-bond donors (Lipinski definition) is 3. The summed E-state index contributed by atoms with van der Waals surface area (Å²) in [5, 5.41) is 6.70. The van der Waals surface area contributed by atoms with Crippen LogP contribution in [0.1, 0.15) is 33.8 Å². The van der Waals surface area contributed by atoms with E-state index in [1.165, 1.54) is 23.9 Å². The van der Waals surface area contributed by atoms with Crippen molar-refractivity contribution in [1.82, 2.24) is 0 Å². The lowest BCUT2D eigenvalue weighted by Crippen LogP contribution is -2.19. The fourth-order valence-electron chi connectivity index (χ4n) is 4.37. The summed E-state index contributed by atoms with van der Waals surface area (Å²) < 4.78 is 80.8. The van der Waals surface area contributed by atoms with Gasteiger partial charge in [0.2, 0.25) is 11.8 Å². The molecule has 3 aromatic rings. The number of alkyl halides is 5. The molecule has 1 saturated carbocycles. The van der Waals surface area contributed by atoms with Crippen LogP contribution in [-0.4, -0.2) is 34.1 Å². The van der Waals surface area contributed by atoms with Gasteiger partial charge in [0.15, 0.2) is 5.82 Å². The van der Waals surface area contributed by atoms with Crippen LogP contribution in [0.5, 0.6) is 0 Å². The van der Waals surface area contributed by atoms with Crippen molar-refractivity contribution in [2.75, 3.05) is 28.0 Å². The Bertz CT molecular complexity index is 1640. The maximum absolute atomic E-state index is 15.0. The number of benzene rings is 3. The van der Waals surface area contributed by atoms with Crippen molar-refractivity contribution in [2.24, 2.45) is 5.92 Å². The summed E-state index contributed by atoms with van der Waals surface area (Å²) in [4.78, 5) is 38.0. The summed E-state index contributed by atoms with van der Waals surface area (Å²) in [6.45, 7) is 0. The summed E-state index contributed by atoms with van der Waals surface area (Å²) in [5.74, 6) is -8.17. The second-order valence-corrected chi connectivity index (χ2v) is 12.4. The van der Waals surface area contributed by atoms with Crippen LogP contribution in [0.3, 0.4) is 0 Å². The average Bonchev–Trinajstić information content (AvgIpc) is 3.53. The number of carbonyl (C=O) groups excluding carboxylic acids is 3. The Labute approximate surface area is 265 Å². The first-order valence-electron chi connectivity index (χ1n) is 12.5. The standard InChI is InChI=1S/C28H20Cl3F6N3O3S/c1-44-9-8-20(41)40-24-18(33)6-7-19(23(24)34)39-25(42)14-11-13(3-4-16(14)29)38-26(43)22-21(27(22,30)31)12-2-5-17(32)15(10-12)28(35,36)37/h2-7,10-11,21-22H,8-9H2,1H3,(H,38,43)(H,39,42)(H,40,41)/t21-,22+/m0/s1. The molecule has 3 aromatic carbocycles. The molecule has 16 heteroatoms. The first-order valence-corrected chi connectivity index (χ1v) is 15.0. The molecule has 3 amide bonds. The van der Waals surface area contributed by atoms with Gasteiger partial charge < -0.3 is 16.0 Å². The Morgan fingerprint density at radius 2 is 1.61 bits per heavy atom. The highest BCUT2D eigenvalue weighted by atomic mass is 35.5. The highest BCUT2D eigenvalue weighted by molar-refractivity contribution is 7.98. The van der Waals surface area contributed by atoms with Crippen LogP contribution in [0.4, 0.5) is 43.4 Å². The van der Waals surface area contributed by atoms with E-state index in [1.807, 2.05) is 0 Å². The van der Waals surface area contributed by atoms with Gasteiger partial charge in [-0.2, -0.15) is 24.9 Å². The minimum absolute atomic E-state index is 0.000586. The molecule has 0 unspecified atom stereocenters. The number of halogens is 9. The number of anilines is 3. The topological polar surface area (TPSA) is 87.3 Å². The van der Waals surface area contributed by atoms with Crippen LogP contribution >= 0.6 is 46.6 Å². The number of nitrogens with one attached hydrogen (secondary N) is 3. The van der Waals surface area contributed by atoms with E-state index in [0.29, 0.717) is 17.9 Å². The summed E-state index contributed by atoms with van der Waals surface area (Å²) in [5.41, 5.74) is -3.13. The zero-order chi connectivity index (χ0) is 32.6. The molecule has 1 aliphatic carbocycles. The van der Waals surface area contributed by atoms with Gasteiger partial charge in [0.05, 0.1) is 27.8 Å². The van der Waals surface area contributed by atoms with Gasteiger partial charge in [0.1, 0.15) is 21.7 Å². The van der Waals surface area contributed by atoms with Crippen molar-refractivity contribution in [3.8, 4) is 0 Å². The third kappa shape index (κ3) is 7.22. The summed E-state index contributed by atoms with van der Waals surface area (Å²) in [6, 6.07) is 7.63. The number of carbonyl (C=O) groups is 3. The lowest BCUT2D eigenvalue weighted by molar-refractivity contribution is -0.140. The van der Waals surface area contributed by atoms with Crippen molar-refractivity contribution in [1.29, 1.82) is 0 Å². The fraction of sp³-hybridized carbons (Fsp3) is 0.250. The molecule has 44 heavy (non-hydrogen) atoms. The van der Waals surface area contributed by atoms with Crippen molar-refractivity contribution in [2.45, 2.75) is 22.8 Å². The monoisotopic (exact) mass is 697 g/mol. The third-order valence-corrected chi connectivity index (χ3v) is 8.49. The maximum atomic E-state index is 15.0. The molecule has 0 saturated heterocycles. The van der Waals surface area contributed by atoms with Crippen molar-refractivity contribution < 1.29 is 40.7 Å². The van der Waals surface area contributed by atoms with E-state index in [9.17, 15) is 36.3 Å². The first kappa shape index (κ1) is 33.8. The lowest BCUT2D eigenvalue weighted by Gasteiger charge is -2.13. The Balaban J connectivity index is 1.51. The van der Waals surface area contributed by atoms with Gasteiger partial charge in [-0.15, -0.1) is 23.2 Å². The number of rotatable bonds is 9. The molecule has 1 fully saturated rings. The molecule has 0 heterocycles. The molecule has 0 radical (unpaired) electrons. The third-order valence-electron chi connectivity index (χ3n) is 6.61. The molecule has 0 aliphatic heterocycles. The van der Waals surface area contributed by atoms with Crippen LogP contribution in [0.25, 0.3) is 0 Å². The van der Waals surface area contributed by atoms with Crippen LogP contribution in [-0.2, 0) is 15.8 Å². The Hall–Kier alpha value is -3.13. The second kappa shape index (κ2) is 13.1. The van der Waals surface area contributed by atoms with Gasteiger partial charge >= 0.3 is 6.18 Å². The van der Waals surface area contributed by atoms with Crippen LogP contribution < -0.4 is 16.0 Å². The molecule has 4 rings (SSSR count). The van der Waals surface area contributed by atoms with Gasteiger partial charge in [0, 0.05) is 23.8 Å². The zero-order valence-corrected chi connectivity index (χ0v) is 25.3. The molecule has 0 spiro atoms. The summed E-state index contributed by atoms with van der Waals surface area (Å²) in [7, 11) is 0. The van der Waals surface area contributed by atoms with E-state index in [-0.39, 0.29) is 28.3 Å². The Kier molecular flexibility index (Phi) is 10.0. The largest absolute Gasteiger partial charge is 0.419 e. The minimum Gasteiger partial charge on any atom is -0.326 e. The molecular weight excluding hydrogens is 679 g/mol. The average molecular weight is 699 g/mol. The van der Waals surface area contributed by atoms with E-state index in [2.05, 4.69) is 16.0 Å². The van der Waals surface area contributed by atoms with E-state index < -0.39 is 74.5 Å². The summed E-state index contributed by atoms with van der Waals surface area (Å²) in [6.07, 6.45) is -3.24. The van der Waals surface area contributed by atoms with Gasteiger partial charge in [-0.25, -0.2) is 13.2 Å². The van der Waals surface area contributed by atoms with E-state index in [4.69, 9.17) is 34.8 Å². The first-order chi connectivity index (χ1) is 20.6. The normalized spacial score (nSPS) is 17.1. The molecule has 0 aromatic heterocycles. The van der Waals surface area contributed by atoms with E-state index in [0.717, 1.165) is 24.3 Å². The quantitative estimate of drug-likeness (QED) is 0.155. The number of amides is 3. The smallest absolute Gasteiger partial charge is 0.326 e. The van der Waals surface area contributed by atoms with Crippen molar-refractivity contribution in [3.05, 3.63) is 87.7 Å². The molecule has 2 atom stereocenters. The van der Waals surface area contributed by atoms with Crippen LogP contribution in [0.2, 0.25) is 5.02 Å². The van der Waals surface area contributed by atoms with Crippen molar-refractivity contribution in [3.63, 3.8) is 0 Å².